The van der Waals surface area contributed by atoms with E-state index in [2.05, 4.69) is 10.3 Å². The van der Waals surface area contributed by atoms with Crippen molar-refractivity contribution in [3.05, 3.63) is 76.0 Å². The summed E-state index contributed by atoms with van der Waals surface area (Å²) >= 11 is 11.9. The van der Waals surface area contributed by atoms with Gasteiger partial charge in [-0.3, -0.25) is 9.78 Å². The number of ether oxygens (including phenoxy) is 1. The number of hydrogen-bond donors (Lipinski definition) is 1. The SMILES string of the molecule is O=C(Cc1ccc(Cl)c(Cl)c1)Nc1ccc2c(c1)OCc1cnccc1-2. The summed E-state index contributed by atoms with van der Waals surface area (Å²) in [5.74, 6) is 0.611. The van der Waals surface area contributed by atoms with E-state index in [0.717, 1.165) is 28.0 Å². The lowest BCUT2D eigenvalue weighted by atomic mass is 9.98. The van der Waals surface area contributed by atoms with Crippen molar-refractivity contribution in [1.82, 2.24) is 4.98 Å². The summed E-state index contributed by atoms with van der Waals surface area (Å²) in [4.78, 5) is 16.4. The molecule has 2 aromatic carbocycles. The predicted octanol–water partition coefficient (Wildman–Crippen LogP) is 5.13. The molecule has 3 aromatic rings. The number of carbonyl (C=O) groups is 1. The maximum absolute atomic E-state index is 12.3. The van der Waals surface area contributed by atoms with Gasteiger partial charge in [-0.25, -0.2) is 0 Å². The number of anilines is 1. The van der Waals surface area contributed by atoms with Crippen LogP contribution in [0.2, 0.25) is 10.0 Å². The van der Waals surface area contributed by atoms with E-state index < -0.39 is 0 Å². The van der Waals surface area contributed by atoms with Gasteiger partial charge in [0.1, 0.15) is 12.4 Å². The summed E-state index contributed by atoms with van der Waals surface area (Å²) in [5.41, 5.74) is 4.64. The van der Waals surface area contributed by atoms with Gasteiger partial charge in [0.15, 0.2) is 0 Å². The van der Waals surface area contributed by atoms with E-state index in [4.69, 9.17) is 27.9 Å². The summed E-state index contributed by atoms with van der Waals surface area (Å²) in [5, 5.41) is 3.80. The fourth-order valence-electron chi connectivity index (χ4n) is 2.94. The van der Waals surface area contributed by atoms with Gasteiger partial charge in [0.25, 0.3) is 0 Å². The van der Waals surface area contributed by atoms with Gasteiger partial charge in [-0.05, 0) is 41.5 Å². The standard InChI is InChI=1S/C20H14Cl2N2O2/c21-17-4-1-12(7-18(17)22)8-20(25)24-14-2-3-16-15-5-6-23-10-13(15)11-26-19(16)9-14/h1-7,9-10H,8,11H2,(H,24,25). The van der Waals surface area contributed by atoms with Crippen molar-refractivity contribution in [2.75, 3.05) is 5.32 Å². The molecule has 6 heteroatoms. The highest BCUT2D eigenvalue weighted by Gasteiger charge is 2.18. The van der Waals surface area contributed by atoms with Gasteiger partial charge in [0.2, 0.25) is 5.91 Å². The molecule has 0 spiro atoms. The van der Waals surface area contributed by atoms with E-state index >= 15 is 0 Å². The molecule has 4 nitrogen and oxygen atoms in total. The molecule has 1 aliphatic rings. The molecule has 1 amide bonds. The lowest BCUT2D eigenvalue weighted by Crippen LogP contribution is -2.15. The quantitative estimate of drug-likeness (QED) is 0.680. The Morgan fingerprint density at radius 1 is 1.08 bits per heavy atom. The molecule has 26 heavy (non-hydrogen) atoms. The zero-order chi connectivity index (χ0) is 18.1. The van der Waals surface area contributed by atoms with Crippen LogP contribution < -0.4 is 10.1 Å². The molecule has 0 unspecified atom stereocenters. The fraction of sp³-hybridized carbons (Fsp3) is 0.100. The van der Waals surface area contributed by atoms with E-state index in [-0.39, 0.29) is 12.3 Å². The molecule has 0 fully saturated rings. The Bertz CT molecular complexity index is 1000. The van der Waals surface area contributed by atoms with E-state index in [1.807, 2.05) is 30.5 Å². The smallest absolute Gasteiger partial charge is 0.228 e. The number of carbonyl (C=O) groups excluding carboxylic acids is 1. The van der Waals surface area contributed by atoms with Crippen LogP contribution in [0, 0.1) is 0 Å². The molecule has 0 bridgehead atoms. The minimum atomic E-state index is -0.135. The summed E-state index contributed by atoms with van der Waals surface area (Å²) in [7, 11) is 0. The Morgan fingerprint density at radius 2 is 1.96 bits per heavy atom. The van der Waals surface area contributed by atoms with Crippen LogP contribution in [0.25, 0.3) is 11.1 Å². The second-order valence-electron chi connectivity index (χ2n) is 6.01. The van der Waals surface area contributed by atoms with Gasteiger partial charge in [-0.1, -0.05) is 29.3 Å². The lowest BCUT2D eigenvalue weighted by molar-refractivity contribution is -0.115. The monoisotopic (exact) mass is 384 g/mol. The summed E-state index contributed by atoms with van der Waals surface area (Å²) in [6, 6.07) is 12.8. The Balaban J connectivity index is 1.51. The maximum atomic E-state index is 12.3. The molecule has 2 heterocycles. The van der Waals surface area contributed by atoms with Crippen LogP contribution in [0.3, 0.4) is 0 Å². The Kier molecular flexibility index (Phi) is 4.53. The molecule has 1 N–H and O–H groups in total. The first-order valence-electron chi connectivity index (χ1n) is 8.04. The molecular weight excluding hydrogens is 371 g/mol. The summed E-state index contributed by atoms with van der Waals surface area (Å²) in [6.45, 7) is 0.469. The highest BCUT2D eigenvalue weighted by Crippen LogP contribution is 2.38. The molecular formula is C20H14Cl2N2O2. The Hall–Kier alpha value is -2.56. The molecule has 0 saturated heterocycles. The average Bonchev–Trinajstić information content (AvgIpc) is 2.64. The van der Waals surface area contributed by atoms with Crippen molar-refractivity contribution in [3.8, 4) is 16.9 Å². The number of rotatable bonds is 3. The summed E-state index contributed by atoms with van der Waals surface area (Å²) in [6.07, 6.45) is 3.79. The van der Waals surface area contributed by atoms with Crippen molar-refractivity contribution in [3.63, 3.8) is 0 Å². The second kappa shape index (κ2) is 6.98. The van der Waals surface area contributed by atoms with Crippen LogP contribution in [0.1, 0.15) is 11.1 Å². The van der Waals surface area contributed by atoms with E-state index in [0.29, 0.717) is 22.3 Å². The van der Waals surface area contributed by atoms with Crippen molar-refractivity contribution in [1.29, 1.82) is 0 Å². The number of amides is 1. The number of benzene rings is 2. The molecule has 1 aromatic heterocycles. The van der Waals surface area contributed by atoms with Gasteiger partial charge in [0.05, 0.1) is 16.5 Å². The van der Waals surface area contributed by atoms with Gasteiger partial charge in [-0.15, -0.1) is 0 Å². The van der Waals surface area contributed by atoms with Gasteiger partial charge >= 0.3 is 0 Å². The zero-order valence-electron chi connectivity index (χ0n) is 13.6. The normalized spacial score (nSPS) is 11.9. The third-order valence-corrected chi connectivity index (χ3v) is 4.93. The number of halogens is 2. The van der Waals surface area contributed by atoms with E-state index in [9.17, 15) is 4.79 Å². The third kappa shape index (κ3) is 3.39. The predicted molar refractivity (Wildman–Crippen MR) is 103 cm³/mol. The van der Waals surface area contributed by atoms with E-state index in [1.54, 1.807) is 24.4 Å². The molecule has 1 aliphatic heterocycles. The van der Waals surface area contributed by atoms with Crippen molar-refractivity contribution < 1.29 is 9.53 Å². The third-order valence-electron chi connectivity index (χ3n) is 4.19. The topological polar surface area (TPSA) is 51.2 Å². The first-order chi connectivity index (χ1) is 12.6. The first kappa shape index (κ1) is 16.9. The highest BCUT2D eigenvalue weighted by molar-refractivity contribution is 6.42. The fourth-order valence-corrected chi connectivity index (χ4v) is 3.26. The molecule has 130 valence electrons. The van der Waals surface area contributed by atoms with Crippen LogP contribution in [0.4, 0.5) is 5.69 Å². The minimum Gasteiger partial charge on any atom is -0.488 e. The maximum Gasteiger partial charge on any atom is 0.228 e. The number of hydrogen-bond acceptors (Lipinski definition) is 3. The lowest BCUT2D eigenvalue weighted by Gasteiger charge is -2.21. The van der Waals surface area contributed by atoms with Gasteiger partial charge in [-0.2, -0.15) is 0 Å². The van der Waals surface area contributed by atoms with Gasteiger partial charge < -0.3 is 10.1 Å². The average molecular weight is 385 g/mol. The number of aromatic nitrogens is 1. The van der Waals surface area contributed by atoms with E-state index in [1.165, 1.54) is 0 Å². The van der Waals surface area contributed by atoms with Gasteiger partial charge in [0, 0.05) is 35.3 Å². The van der Waals surface area contributed by atoms with Crippen LogP contribution in [0.15, 0.2) is 54.9 Å². The number of pyridine rings is 1. The summed E-state index contributed by atoms with van der Waals surface area (Å²) < 4.78 is 5.80. The molecule has 0 aliphatic carbocycles. The van der Waals surface area contributed by atoms with Crippen molar-refractivity contribution in [2.24, 2.45) is 0 Å². The van der Waals surface area contributed by atoms with Crippen LogP contribution in [-0.2, 0) is 17.8 Å². The second-order valence-corrected chi connectivity index (χ2v) is 6.82. The molecule has 0 radical (unpaired) electrons. The molecule has 0 atom stereocenters. The van der Waals surface area contributed by atoms with Crippen LogP contribution in [-0.4, -0.2) is 10.9 Å². The van der Waals surface area contributed by atoms with Crippen molar-refractivity contribution in [2.45, 2.75) is 13.0 Å². The van der Waals surface area contributed by atoms with Crippen LogP contribution in [0.5, 0.6) is 5.75 Å². The minimum absolute atomic E-state index is 0.135. The number of nitrogens with zero attached hydrogens (tertiary/aromatic N) is 1. The van der Waals surface area contributed by atoms with Crippen molar-refractivity contribution >= 4 is 34.8 Å². The molecule has 0 saturated carbocycles. The largest absolute Gasteiger partial charge is 0.488 e. The zero-order valence-corrected chi connectivity index (χ0v) is 15.1. The number of fused-ring (bicyclic) bond motifs is 3. The Labute approximate surface area is 160 Å². The first-order valence-corrected chi connectivity index (χ1v) is 8.79. The number of nitrogens with one attached hydrogen (secondary N) is 1. The highest BCUT2D eigenvalue weighted by atomic mass is 35.5. The molecule has 4 rings (SSSR count). The Morgan fingerprint density at radius 3 is 2.81 bits per heavy atom. The van der Waals surface area contributed by atoms with Crippen LogP contribution >= 0.6 is 23.2 Å².